The van der Waals surface area contributed by atoms with E-state index in [0.29, 0.717) is 0 Å². The molecule has 3 unspecified atom stereocenters. The summed E-state index contributed by atoms with van der Waals surface area (Å²) < 4.78 is 0. The van der Waals surface area contributed by atoms with Gasteiger partial charge in [-0.2, -0.15) is 0 Å². The summed E-state index contributed by atoms with van der Waals surface area (Å²) in [4.78, 5) is 5.85. The van der Waals surface area contributed by atoms with Crippen molar-refractivity contribution in [3.8, 4) is 0 Å². The van der Waals surface area contributed by atoms with Crippen molar-refractivity contribution in [2.75, 3.05) is 5.75 Å². The number of aromatic nitrogens is 1. The molecule has 0 radical (unpaired) electrons. The van der Waals surface area contributed by atoms with Crippen LogP contribution < -0.4 is 0 Å². The highest BCUT2D eigenvalue weighted by Gasteiger charge is 2.38. The van der Waals surface area contributed by atoms with E-state index in [2.05, 4.69) is 35.3 Å². The second kappa shape index (κ2) is 4.90. The van der Waals surface area contributed by atoms with Crippen molar-refractivity contribution >= 4 is 11.8 Å². The molecule has 2 nitrogen and oxygen atoms in total. The third-order valence-electron chi connectivity index (χ3n) is 4.56. The largest absolute Gasteiger partial charge is 0.392 e. The maximum atomic E-state index is 10.9. The van der Waals surface area contributed by atoms with Gasteiger partial charge in [0.05, 0.1) is 6.10 Å². The zero-order valence-corrected chi connectivity index (χ0v) is 12.0. The van der Waals surface area contributed by atoms with E-state index in [1.165, 1.54) is 16.0 Å². The van der Waals surface area contributed by atoms with Gasteiger partial charge >= 0.3 is 0 Å². The van der Waals surface area contributed by atoms with Gasteiger partial charge in [0, 0.05) is 34.4 Å². The molecule has 3 heteroatoms. The van der Waals surface area contributed by atoms with Gasteiger partial charge in [0.1, 0.15) is 0 Å². The first-order chi connectivity index (χ1) is 9.84. The van der Waals surface area contributed by atoms with E-state index in [1.54, 1.807) is 0 Å². The summed E-state index contributed by atoms with van der Waals surface area (Å²) in [5.74, 6) is 1.43. The number of fused-ring (bicyclic) bond motifs is 2. The van der Waals surface area contributed by atoms with Crippen LogP contribution in [0, 0.1) is 0 Å². The molecule has 2 aromatic rings. The van der Waals surface area contributed by atoms with E-state index < -0.39 is 0 Å². The van der Waals surface area contributed by atoms with Crippen LogP contribution in [0.1, 0.15) is 35.1 Å². The Hall–Kier alpha value is -1.32. The Morgan fingerprint density at radius 1 is 1.15 bits per heavy atom. The standard InChI is InChI=1S/C17H17NOS/c19-17(13-8-7-11-4-3-9-18-16(11)13)14-10-20-15-6-2-1-5-12(14)15/h1-6,9,13-14,17,19H,7-8,10H2. The van der Waals surface area contributed by atoms with Crippen molar-refractivity contribution in [1.29, 1.82) is 0 Å². The van der Waals surface area contributed by atoms with Crippen LogP contribution in [-0.2, 0) is 6.42 Å². The molecule has 2 aliphatic rings. The first-order valence-corrected chi connectivity index (χ1v) is 8.17. The predicted octanol–water partition coefficient (Wildman–Crippen LogP) is 3.36. The van der Waals surface area contributed by atoms with Crippen LogP contribution in [0.4, 0.5) is 0 Å². The number of aliphatic hydroxyl groups is 1. The van der Waals surface area contributed by atoms with E-state index in [0.717, 1.165) is 24.3 Å². The molecule has 0 saturated carbocycles. The Morgan fingerprint density at radius 3 is 3.00 bits per heavy atom. The quantitative estimate of drug-likeness (QED) is 0.917. The molecule has 3 atom stereocenters. The molecule has 4 rings (SSSR count). The van der Waals surface area contributed by atoms with Crippen LogP contribution in [0.5, 0.6) is 0 Å². The molecule has 0 amide bonds. The lowest BCUT2D eigenvalue weighted by Crippen LogP contribution is -2.25. The molecule has 20 heavy (non-hydrogen) atoms. The van der Waals surface area contributed by atoms with Gasteiger partial charge in [0.25, 0.3) is 0 Å². The van der Waals surface area contributed by atoms with Crippen molar-refractivity contribution in [3.05, 3.63) is 59.4 Å². The van der Waals surface area contributed by atoms with Crippen molar-refractivity contribution < 1.29 is 5.11 Å². The van der Waals surface area contributed by atoms with Gasteiger partial charge in [-0.1, -0.05) is 24.3 Å². The van der Waals surface area contributed by atoms with E-state index >= 15 is 0 Å². The summed E-state index contributed by atoms with van der Waals surface area (Å²) in [6, 6.07) is 12.6. The molecule has 0 spiro atoms. The molecule has 1 aliphatic carbocycles. The number of rotatable bonds is 2. The van der Waals surface area contributed by atoms with Crippen LogP contribution in [0.25, 0.3) is 0 Å². The Kier molecular flexibility index (Phi) is 3.04. The third-order valence-corrected chi connectivity index (χ3v) is 5.77. The molecule has 1 aromatic heterocycles. The molecular formula is C17H17NOS. The smallest absolute Gasteiger partial charge is 0.0700 e. The highest BCUT2D eigenvalue weighted by atomic mass is 32.2. The van der Waals surface area contributed by atoms with E-state index in [4.69, 9.17) is 0 Å². The number of aryl methyl sites for hydroxylation is 1. The number of hydrogen-bond donors (Lipinski definition) is 1. The average molecular weight is 283 g/mol. The molecule has 102 valence electrons. The lowest BCUT2D eigenvalue weighted by molar-refractivity contribution is 0.119. The van der Waals surface area contributed by atoms with Gasteiger partial charge in [0.2, 0.25) is 0 Å². The normalized spacial score (nSPS) is 25.2. The van der Waals surface area contributed by atoms with Crippen LogP contribution in [0.2, 0.25) is 0 Å². The van der Waals surface area contributed by atoms with Crippen LogP contribution in [0.15, 0.2) is 47.5 Å². The predicted molar refractivity (Wildman–Crippen MR) is 81.2 cm³/mol. The second-order valence-electron chi connectivity index (χ2n) is 5.64. The molecule has 2 heterocycles. The summed E-state index contributed by atoms with van der Waals surface area (Å²) in [6.07, 6.45) is 3.60. The number of nitrogens with zero attached hydrogens (tertiary/aromatic N) is 1. The minimum atomic E-state index is -0.317. The summed E-state index contributed by atoms with van der Waals surface area (Å²) in [5, 5.41) is 10.9. The Balaban J connectivity index is 1.65. The number of benzene rings is 1. The van der Waals surface area contributed by atoms with Crippen LogP contribution in [-0.4, -0.2) is 21.9 Å². The highest BCUT2D eigenvalue weighted by Crippen LogP contribution is 2.46. The molecular weight excluding hydrogens is 266 g/mol. The topological polar surface area (TPSA) is 33.1 Å². The van der Waals surface area contributed by atoms with Crippen molar-refractivity contribution in [3.63, 3.8) is 0 Å². The van der Waals surface area contributed by atoms with E-state index in [-0.39, 0.29) is 17.9 Å². The summed E-state index contributed by atoms with van der Waals surface area (Å²) in [5.41, 5.74) is 3.75. The zero-order chi connectivity index (χ0) is 13.5. The molecule has 1 aliphatic heterocycles. The fourth-order valence-electron chi connectivity index (χ4n) is 3.53. The molecule has 1 N–H and O–H groups in total. The molecule has 1 aromatic carbocycles. The Bertz CT molecular complexity index is 587. The summed E-state index contributed by atoms with van der Waals surface area (Å²) >= 11 is 1.86. The summed E-state index contributed by atoms with van der Waals surface area (Å²) in [6.45, 7) is 0. The minimum absolute atomic E-state index is 0.197. The van der Waals surface area contributed by atoms with Crippen molar-refractivity contribution in [2.45, 2.75) is 35.7 Å². The highest BCUT2D eigenvalue weighted by molar-refractivity contribution is 7.99. The van der Waals surface area contributed by atoms with Crippen molar-refractivity contribution in [1.82, 2.24) is 4.98 Å². The average Bonchev–Trinajstić information content (AvgIpc) is 3.11. The lowest BCUT2D eigenvalue weighted by atomic mass is 9.85. The van der Waals surface area contributed by atoms with Crippen LogP contribution >= 0.6 is 11.8 Å². The number of aliphatic hydroxyl groups excluding tert-OH is 1. The maximum Gasteiger partial charge on any atom is 0.0700 e. The van der Waals surface area contributed by atoms with E-state index in [9.17, 15) is 5.11 Å². The number of thioether (sulfide) groups is 1. The van der Waals surface area contributed by atoms with Gasteiger partial charge < -0.3 is 5.11 Å². The summed E-state index contributed by atoms with van der Waals surface area (Å²) in [7, 11) is 0. The van der Waals surface area contributed by atoms with Gasteiger partial charge in [-0.15, -0.1) is 11.8 Å². The number of hydrogen-bond acceptors (Lipinski definition) is 3. The second-order valence-corrected chi connectivity index (χ2v) is 6.70. The molecule has 0 bridgehead atoms. The monoisotopic (exact) mass is 283 g/mol. The fraction of sp³-hybridized carbons (Fsp3) is 0.353. The number of pyridine rings is 1. The van der Waals surface area contributed by atoms with Crippen LogP contribution in [0.3, 0.4) is 0 Å². The zero-order valence-electron chi connectivity index (χ0n) is 11.2. The Labute approximate surface area is 123 Å². The lowest BCUT2D eigenvalue weighted by Gasteiger charge is -2.24. The van der Waals surface area contributed by atoms with Crippen molar-refractivity contribution in [2.24, 2.45) is 0 Å². The fourth-order valence-corrected chi connectivity index (χ4v) is 4.82. The third kappa shape index (κ3) is 1.88. The van der Waals surface area contributed by atoms with Gasteiger partial charge in [-0.25, -0.2) is 0 Å². The van der Waals surface area contributed by atoms with E-state index in [1.807, 2.05) is 24.0 Å². The van der Waals surface area contributed by atoms with Gasteiger partial charge in [0.15, 0.2) is 0 Å². The van der Waals surface area contributed by atoms with Gasteiger partial charge in [-0.3, -0.25) is 4.98 Å². The first-order valence-electron chi connectivity index (χ1n) is 7.18. The molecule has 0 fully saturated rings. The Morgan fingerprint density at radius 2 is 2.05 bits per heavy atom. The first kappa shape index (κ1) is 12.4. The SMILES string of the molecule is OC(C1CSc2ccccc21)C1CCc2cccnc21. The van der Waals surface area contributed by atoms with Gasteiger partial charge in [-0.05, 0) is 36.1 Å². The maximum absolute atomic E-state index is 10.9. The molecule has 0 saturated heterocycles. The minimum Gasteiger partial charge on any atom is -0.392 e.